The molecule has 2 rings (SSSR count). The number of rotatable bonds is 6. The first-order valence-electron chi connectivity index (χ1n) is 7.29. The van der Waals surface area contributed by atoms with Crippen LogP contribution in [0, 0.1) is 5.92 Å². The van der Waals surface area contributed by atoms with Crippen LogP contribution in [0.5, 0.6) is 5.75 Å². The van der Waals surface area contributed by atoms with Crippen LogP contribution in [0.15, 0.2) is 28.7 Å². The molecule has 2 unspecified atom stereocenters. The summed E-state index contributed by atoms with van der Waals surface area (Å²) in [6, 6.07) is 7.92. The number of hydrogen-bond acceptors (Lipinski definition) is 2. The maximum atomic E-state index is 6.00. The minimum atomic E-state index is 0.451. The summed E-state index contributed by atoms with van der Waals surface area (Å²) in [6.45, 7) is 3.59. The highest BCUT2D eigenvalue weighted by molar-refractivity contribution is 9.10. The van der Waals surface area contributed by atoms with E-state index in [-0.39, 0.29) is 0 Å². The molecule has 0 radical (unpaired) electrons. The number of hydrogen-bond donors (Lipinski definition) is 0. The molecule has 2 atom stereocenters. The quantitative estimate of drug-likeness (QED) is 0.698. The Kier molecular flexibility index (Phi) is 6.18. The third kappa shape index (κ3) is 4.81. The Labute approximate surface area is 124 Å². The summed E-state index contributed by atoms with van der Waals surface area (Å²) in [7, 11) is 0. The third-order valence-corrected chi connectivity index (χ3v) is 4.39. The van der Waals surface area contributed by atoms with Gasteiger partial charge in [-0.25, -0.2) is 0 Å². The summed E-state index contributed by atoms with van der Waals surface area (Å²) >= 11 is 3.41. The zero-order valence-electron chi connectivity index (χ0n) is 11.6. The van der Waals surface area contributed by atoms with E-state index in [1.165, 1.54) is 32.1 Å². The van der Waals surface area contributed by atoms with Crippen molar-refractivity contribution in [2.75, 3.05) is 13.2 Å². The molecule has 1 saturated carbocycles. The second-order valence-corrected chi connectivity index (χ2v) is 6.08. The van der Waals surface area contributed by atoms with Crippen molar-refractivity contribution in [3.63, 3.8) is 0 Å². The van der Waals surface area contributed by atoms with Crippen LogP contribution in [0.1, 0.15) is 39.0 Å². The summed E-state index contributed by atoms with van der Waals surface area (Å²) in [4.78, 5) is 0. The molecule has 1 aliphatic carbocycles. The van der Waals surface area contributed by atoms with E-state index in [2.05, 4.69) is 22.9 Å². The second-order valence-electron chi connectivity index (χ2n) is 5.16. The zero-order valence-corrected chi connectivity index (χ0v) is 13.2. The van der Waals surface area contributed by atoms with Gasteiger partial charge in [0.1, 0.15) is 12.4 Å². The Morgan fingerprint density at radius 1 is 1.11 bits per heavy atom. The molecule has 0 heterocycles. The van der Waals surface area contributed by atoms with Crippen molar-refractivity contribution >= 4 is 15.9 Å². The van der Waals surface area contributed by atoms with Crippen molar-refractivity contribution in [2.24, 2.45) is 5.92 Å². The molecule has 2 nitrogen and oxygen atoms in total. The molecule has 0 saturated heterocycles. The van der Waals surface area contributed by atoms with Crippen LogP contribution in [0.2, 0.25) is 0 Å². The lowest BCUT2D eigenvalue weighted by Gasteiger charge is -2.30. The predicted octanol–water partition coefficient (Wildman–Crippen LogP) is 4.81. The molecule has 0 amide bonds. The minimum absolute atomic E-state index is 0.451. The van der Waals surface area contributed by atoms with Crippen LogP contribution in [-0.4, -0.2) is 19.3 Å². The van der Waals surface area contributed by atoms with Gasteiger partial charge in [0, 0.05) is 4.47 Å². The summed E-state index contributed by atoms with van der Waals surface area (Å²) < 4.78 is 12.7. The van der Waals surface area contributed by atoms with E-state index in [1.807, 2.05) is 24.3 Å². The topological polar surface area (TPSA) is 18.5 Å². The average molecular weight is 327 g/mol. The van der Waals surface area contributed by atoms with Crippen LogP contribution >= 0.6 is 15.9 Å². The highest BCUT2D eigenvalue weighted by Crippen LogP contribution is 2.29. The van der Waals surface area contributed by atoms with Crippen LogP contribution in [0.25, 0.3) is 0 Å². The van der Waals surface area contributed by atoms with E-state index in [9.17, 15) is 0 Å². The molecular weight excluding hydrogens is 304 g/mol. The lowest BCUT2D eigenvalue weighted by Crippen LogP contribution is -2.28. The van der Waals surface area contributed by atoms with E-state index in [0.717, 1.165) is 16.1 Å². The van der Waals surface area contributed by atoms with Crippen molar-refractivity contribution in [3.8, 4) is 5.75 Å². The fraction of sp³-hybridized carbons (Fsp3) is 0.625. The zero-order chi connectivity index (χ0) is 13.5. The molecule has 0 aromatic heterocycles. The van der Waals surface area contributed by atoms with Gasteiger partial charge in [0.25, 0.3) is 0 Å². The van der Waals surface area contributed by atoms with Gasteiger partial charge in [-0.2, -0.15) is 0 Å². The summed E-state index contributed by atoms with van der Waals surface area (Å²) in [5.74, 6) is 1.66. The van der Waals surface area contributed by atoms with E-state index in [1.54, 1.807) is 0 Å². The van der Waals surface area contributed by atoms with E-state index in [4.69, 9.17) is 9.47 Å². The monoisotopic (exact) mass is 326 g/mol. The Bertz CT molecular complexity index is 364. The first-order valence-corrected chi connectivity index (χ1v) is 8.09. The van der Waals surface area contributed by atoms with Crippen LogP contribution in [-0.2, 0) is 4.74 Å². The van der Waals surface area contributed by atoms with Gasteiger partial charge in [-0.05, 0) is 43.0 Å². The molecule has 1 aromatic carbocycles. The molecule has 3 heteroatoms. The van der Waals surface area contributed by atoms with E-state index < -0.39 is 0 Å². The smallest absolute Gasteiger partial charge is 0.119 e. The minimum Gasteiger partial charge on any atom is -0.491 e. The summed E-state index contributed by atoms with van der Waals surface area (Å²) in [5, 5.41) is 0. The lowest BCUT2D eigenvalue weighted by atomic mass is 9.85. The van der Waals surface area contributed by atoms with Gasteiger partial charge in [-0.15, -0.1) is 0 Å². The van der Waals surface area contributed by atoms with E-state index in [0.29, 0.717) is 19.3 Å². The first-order chi connectivity index (χ1) is 9.29. The molecule has 0 aliphatic heterocycles. The van der Waals surface area contributed by atoms with Gasteiger partial charge >= 0.3 is 0 Å². The summed E-state index contributed by atoms with van der Waals surface area (Å²) in [6.07, 6.45) is 6.92. The fourth-order valence-electron chi connectivity index (χ4n) is 2.75. The highest BCUT2D eigenvalue weighted by Gasteiger charge is 2.23. The maximum absolute atomic E-state index is 6.00. The standard InChI is InChI=1S/C16H23BrO2/c1-2-13-5-3-4-6-16(13)19-12-11-18-15-9-7-14(17)8-10-15/h7-10,13,16H,2-6,11-12H2,1H3. The predicted molar refractivity (Wildman–Crippen MR) is 81.6 cm³/mol. The largest absolute Gasteiger partial charge is 0.491 e. The highest BCUT2D eigenvalue weighted by atomic mass is 79.9. The van der Waals surface area contributed by atoms with Crippen molar-refractivity contribution in [1.29, 1.82) is 0 Å². The van der Waals surface area contributed by atoms with Gasteiger partial charge in [0.15, 0.2) is 0 Å². The summed E-state index contributed by atoms with van der Waals surface area (Å²) in [5.41, 5.74) is 0. The molecule has 19 heavy (non-hydrogen) atoms. The Hall–Kier alpha value is -0.540. The van der Waals surface area contributed by atoms with Gasteiger partial charge in [-0.3, -0.25) is 0 Å². The normalized spacial score (nSPS) is 23.3. The van der Waals surface area contributed by atoms with Gasteiger partial charge in [0.2, 0.25) is 0 Å². The molecule has 1 aromatic rings. The molecule has 106 valence electrons. The molecule has 1 aliphatic rings. The molecule has 0 bridgehead atoms. The van der Waals surface area contributed by atoms with Crippen LogP contribution in [0.4, 0.5) is 0 Å². The number of halogens is 1. The Balaban J connectivity index is 1.67. The fourth-order valence-corrected chi connectivity index (χ4v) is 3.01. The molecule has 0 spiro atoms. The lowest BCUT2D eigenvalue weighted by molar-refractivity contribution is -0.0228. The molecule has 0 N–H and O–H groups in total. The van der Waals surface area contributed by atoms with Gasteiger partial charge in [-0.1, -0.05) is 42.1 Å². The second kappa shape index (κ2) is 7.91. The number of ether oxygens (including phenoxy) is 2. The molecule has 1 fully saturated rings. The number of benzene rings is 1. The first kappa shape index (κ1) is 14.9. The van der Waals surface area contributed by atoms with Gasteiger partial charge in [0.05, 0.1) is 12.7 Å². The van der Waals surface area contributed by atoms with Crippen molar-refractivity contribution in [1.82, 2.24) is 0 Å². The van der Waals surface area contributed by atoms with E-state index >= 15 is 0 Å². The Morgan fingerprint density at radius 3 is 2.58 bits per heavy atom. The molecular formula is C16H23BrO2. The Morgan fingerprint density at radius 2 is 1.84 bits per heavy atom. The maximum Gasteiger partial charge on any atom is 0.119 e. The van der Waals surface area contributed by atoms with Crippen molar-refractivity contribution in [3.05, 3.63) is 28.7 Å². The van der Waals surface area contributed by atoms with Crippen LogP contribution < -0.4 is 4.74 Å². The van der Waals surface area contributed by atoms with Crippen molar-refractivity contribution < 1.29 is 9.47 Å². The van der Waals surface area contributed by atoms with Gasteiger partial charge < -0.3 is 9.47 Å². The third-order valence-electron chi connectivity index (χ3n) is 3.86. The SMILES string of the molecule is CCC1CCCCC1OCCOc1ccc(Br)cc1. The average Bonchev–Trinajstić information content (AvgIpc) is 2.46. The van der Waals surface area contributed by atoms with Crippen molar-refractivity contribution in [2.45, 2.75) is 45.1 Å². The van der Waals surface area contributed by atoms with Crippen LogP contribution in [0.3, 0.4) is 0 Å².